The highest BCUT2D eigenvalue weighted by molar-refractivity contribution is 9.10. The summed E-state index contributed by atoms with van der Waals surface area (Å²) in [5, 5.41) is 7.49. The predicted octanol–water partition coefficient (Wildman–Crippen LogP) is 2.53. The Morgan fingerprint density at radius 2 is 2.29 bits per heavy atom. The lowest BCUT2D eigenvalue weighted by Gasteiger charge is -2.07. The van der Waals surface area contributed by atoms with E-state index in [1.54, 1.807) is 11.0 Å². The summed E-state index contributed by atoms with van der Waals surface area (Å²) in [7, 11) is 0. The molecule has 1 aromatic carbocycles. The maximum atomic E-state index is 4.11. The van der Waals surface area contributed by atoms with Crippen molar-refractivity contribution in [1.29, 1.82) is 0 Å². The third-order valence-corrected chi connectivity index (χ3v) is 3.07. The molecule has 4 nitrogen and oxygen atoms in total. The fourth-order valence-corrected chi connectivity index (χ4v) is 2.20. The van der Waals surface area contributed by atoms with E-state index < -0.39 is 0 Å². The van der Waals surface area contributed by atoms with Crippen LogP contribution in [0.25, 0.3) is 5.69 Å². The molecule has 0 amide bonds. The highest BCUT2D eigenvalue weighted by Gasteiger charge is 2.03. The van der Waals surface area contributed by atoms with E-state index in [9.17, 15) is 0 Å². The lowest BCUT2D eigenvalue weighted by Crippen LogP contribution is -2.13. The van der Waals surface area contributed by atoms with E-state index in [1.165, 1.54) is 11.9 Å². The summed E-state index contributed by atoms with van der Waals surface area (Å²) in [4.78, 5) is 3.94. The largest absolute Gasteiger partial charge is 0.313 e. The monoisotopic (exact) mass is 294 g/mol. The molecule has 0 aliphatic carbocycles. The van der Waals surface area contributed by atoms with Gasteiger partial charge in [0, 0.05) is 11.0 Å². The minimum atomic E-state index is 0.893. The molecule has 1 aromatic heterocycles. The Morgan fingerprint density at radius 3 is 2.94 bits per heavy atom. The van der Waals surface area contributed by atoms with Crippen molar-refractivity contribution in [2.45, 2.75) is 19.9 Å². The standard InChI is InChI=1S/C12H15BrN4/c1-2-5-14-7-10-3-4-12(11(13)6-10)17-9-15-8-16-17/h3-4,6,8-9,14H,2,5,7H2,1H3. The van der Waals surface area contributed by atoms with Gasteiger partial charge >= 0.3 is 0 Å². The lowest BCUT2D eigenvalue weighted by molar-refractivity contribution is 0.675. The predicted molar refractivity (Wildman–Crippen MR) is 71.1 cm³/mol. The van der Waals surface area contributed by atoms with Crippen LogP contribution >= 0.6 is 15.9 Å². The Balaban J connectivity index is 2.12. The van der Waals surface area contributed by atoms with E-state index in [2.05, 4.69) is 50.4 Å². The van der Waals surface area contributed by atoms with Gasteiger partial charge in [-0.2, -0.15) is 5.10 Å². The van der Waals surface area contributed by atoms with Crippen LogP contribution < -0.4 is 5.32 Å². The molecule has 0 atom stereocenters. The van der Waals surface area contributed by atoms with Crippen molar-refractivity contribution in [3.8, 4) is 5.69 Å². The molecule has 1 N–H and O–H groups in total. The van der Waals surface area contributed by atoms with Gasteiger partial charge in [0.1, 0.15) is 12.7 Å². The first-order chi connectivity index (χ1) is 8.31. The molecule has 0 bridgehead atoms. The van der Waals surface area contributed by atoms with E-state index in [0.717, 1.165) is 29.7 Å². The Bertz CT molecular complexity index is 467. The molecule has 0 aliphatic heterocycles. The molecule has 0 spiro atoms. The molecule has 2 aromatic rings. The average molecular weight is 295 g/mol. The van der Waals surface area contributed by atoms with Crippen LogP contribution in [-0.4, -0.2) is 21.3 Å². The van der Waals surface area contributed by atoms with Crippen molar-refractivity contribution < 1.29 is 0 Å². The molecule has 0 radical (unpaired) electrons. The van der Waals surface area contributed by atoms with Crippen LogP contribution in [0.4, 0.5) is 0 Å². The number of hydrogen-bond acceptors (Lipinski definition) is 3. The van der Waals surface area contributed by atoms with E-state index in [0.29, 0.717) is 0 Å². The van der Waals surface area contributed by atoms with E-state index >= 15 is 0 Å². The second-order valence-corrected chi connectivity index (χ2v) is 4.66. The van der Waals surface area contributed by atoms with Crippen molar-refractivity contribution in [2.75, 3.05) is 6.54 Å². The molecule has 0 aliphatic rings. The smallest absolute Gasteiger partial charge is 0.138 e. The van der Waals surface area contributed by atoms with E-state index in [1.807, 2.05) is 6.07 Å². The van der Waals surface area contributed by atoms with Gasteiger partial charge < -0.3 is 5.32 Å². The Morgan fingerprint density at radius 1 is 1.41 bits per heavy atom. The van der Waals surface area contributed by atoms with E-state index in [4.69, 9.17) is 0 Å². The minimum absolute atomic E-state index is 0.893. The SMILES string of the molecule is CCCNCc1ccc(-n2cncn2)c(Br)c1. The Labute approximate surface area is 109 Å². The molecule has 5 heteroatoms. The van der Waals surface area contributed by atoms with Gasteiger partial charge in [0.2, 0.25) is 0 Å². The fourth-order valence-electron chi connectivity index (χ4n) is 1.59. The average Bonchev–Trinajstić information content (AvgIpc) is 2.83. The first kappa shape index (κ1) is 12.3. The summed E-state index contributed by atoms with van der Waals surface area (Å²) in [5.74, 6) is 0. The van der Waals surface area contributed by atoms with Gasteiger partial charge in [0.25, 0.3) is 0 Å². The highest BCUT2D eigenvalue weighted by atomic mass is 79.9. The summed E-state index contributed by atoms with van der Waals surface area (Å²) in [6, 6.07) is 6.26. The van der Waals surface area contributed by atoms with Crippen molar-refractivity contribution in [3.63, 3.8) is 0 Å². The number of nitrogens with zero attached hydrogens (tertiary/aromatic N) is 3. The highest BCUT2D eigenvalue weighted by Crippen LogP contribution is 2.21. The van der Waals surface area contributed by atoms with Crippen molar-refractivity contribution >= 4 is 15.9 Å². The Hall–Kier alpha value is -1.20. The summed E-state index contributed by atoms with van der Waals surface area (Å²) in [5.41, 5.74) is 2.26. The summed E-state index contributed by atoms with van der Waals surface area (Å²) < 4.78 is 2.77. The zero-order valence-electron chi connectivity index (χ0n) is 9.73. The number of benzene rings is 1. The van der Waals surface area contributed by atoms with Gasteiger partial charge in [0.15, 0.2) is 0 Å². The second-order valence-electron chi connectivity index (χ2n) is 3.80. The number of halogens is 1. The van der Waals surface area contributed by atoms with E-state index in [-0.39, 0.29) is 0 Å². The number of hydrogen-bond donors (Lipinski definition) is 1. The van der Waals surface area contributed by atoms with Gasteiger partial charge in [-0.25, -0.2) is 9.67 Å². The second kappa shape index (κ2) is 5.93. The van der Waals surface area contributed by atoms with Crippen molar-refractivity contribution in [1.82, 2.24) is 20.1 Å². The molecule has 90 valence electrons. The van der Waals surface area contributed by atoms with Gasteiger partial charge in [-0.1, -0.05) is 13.0 Å². The van der Waals surface area contributed by atoms with Crippen LogP contribution in [-0.2, 0) is 6.54 Å². The lowest BCUT2D eigenvalue weighted by atomic mass is 10.2. The minimum Gasteiger partial charge on any atom is -0.313 e. The van der Waals surface area contributed by atoms with Crippen LogP contribution in [0.1, 0.15) is 18.9 Å². The van der Waals surface area contributed by atoms with Crippen LogP contribution in [0.2, 0.25) is 0 Å². The third-order valence-electron chi connectivity index (χ3n) is 2.43. The molecule has 0 saturated carbocycles. The molecular formula is C12H15BrN4. The molecular weight excluding hydrogens is 280 g/mol. The van der Waals surface area contributed by atoms with Gasteiger partial charge in [-0.15, -0.1) is 0 Å². The zero-order valence-corrected chi connectivity index (χ0v) is 11.3. The zero-order chi connectivity index (χ0) is 12.1. The number of aromatic nitrogens is 3. The van der Waals surface area contributed by atoms with Crippen LogP contribution in [0, 0.1) is 0 Å². The van der Waals surface area contributed by atoms with Gasteiger partial charge in [-0.3, -0.25) is 0 Å². The topological polar surface area (TPSA) is 42.7 Å². The summed E-state index contributed by atoms with van der Waals surface area (Å²) in [6.45, 7) is 4.10. The molecule has 0 fully saturated rings. The third kappa shape index (κ3) is 3.14. The number of rotatable bonds is 5. The molecule has 2 rings (SSSR count). The molecule has 1 heterocycles. The van der Waals surface area contributed by atoms with Crippen molar-refractivity contribution in [2.24, 2.45) is 0 Å². The molecule has 17 heavy (non-hydrogen) atoms. The first-order valence-electron chi connectivity index (χ1n) is 5.65. The van der Waals surface area contributed by atoms with Crippen LogP contribution in [0.15, 0.2) is 35.3 Å². The Kier molecular flexibility index (Phi) is 4.28. The van der Waals surface area contributed by atoms with Crippen LogP contribution in [0.3, 0.4) is 0 Å². The summed E-state index contributed by atoms with van der Waals surface area (Å²) in [6.07, 6.45) is 4.37. The normalized spacial score (nSPS) is 10.7. The maximum absolute atomic E-state index is 4.11. The van der Waals surface area contributed by atoms with Gasteiger partial charge in [0.05, 0.1) is 5.69 Å². The van der Waals surface area contributed by atoms with Crippen LogP contribution in [0.5, 0.6) is 0 Å². The fraction of sp³-hybridized carbons (Fsp3) is 0.333. The number of nitrogens with one attached hydrogen (secondary N) is 1. The first-order valence-corrected chi connectivity index (χ1v) is 6.44. The molecule has 0 saturated heterocycles. The van der Waals surface area contributed by atoms with Crippen molar-refractivity contribution in [3.05, 3.63) is 40.9 Å². The maximum Gasteiger partial charge on any atom is 0.138 e. The quantitative estimate of drug-likeness (QED) is 0.862. The van der Waals surface area contributed by atoms with Gasteiger partial charge in [-0.05, 0) is 46.6 Å². The summed E-state index contributed by atoms with van der Waals surface area (Å²) >= 11 is 3.56. The molecule has 0 unspecified atom stereocenters.